The van der Waals surface area contributed by atoms with Crippen LogP contribution in [0.15, 0.2) is 16.7 Å². The maximum Gasteiger partial charge on any atom is 0.265 e. The third-order valence-electron chi connectivity index (χ3n) is 3.04. The number of hydrogen-bond donors (Lipinski definition) is 2. The van der Waals surface area contributed by atoms with E-state index in [2.05, 4.69) is 15.8 Å². The van der Waals surface area contributed by atoms with Crippen LogP contribution < -0.4 is 10.6 Å². The van der Waals surface area contributed by atoms with Gasteiger partial charge in [-0.05, 0) is 19.1 Å². The lowest BCUT2D eigenvalue weighted by Gasteiger charge is -2.04. The number of carbonyl (C=O) groups is 3. The fraction of sp³-hybridized carbons (Fsp3) is 0.333. The average Bonchev–Trinajstić information content (AvgIpc) is 3.12. The fourth-order valence-corrected chi connectivity index (χ4v) is 2.66. The number of aryl methyl sites for hydroxylation is 1. The minimum Gasteiger partial charge on any atom is -0.337 e. The Morgan fingerprint density at radius 3 is 2.43 bits per heavy atom. The van der Waals surface area contributed by atoms with Crippen molar-refractivity contribution in [3.8, 4) is 10.6 Å². The molecular formula is C15H17N3O4S. The Balaban J connectivity index is 2.44. The lowest BCUT2D eigenvalue weighted by atomic mass is 10.2. The highest BCUT2D eigenvalue weighted by molar-refractivity contribution is 7.15. The van der Waals surface area contributed by atoms with E-state index in [4.69, 9.17) is 4.52 Å². The SMILES string of the molecule is CCC(=O)NC(=O)c1c(-c2ccc(C)s2)noc1NC(=O)CC. The van der Waals surface area contributed by atoms with E-state index >= 15 is 0 Å². The van der Waals surface area contributed by atoms with Crippen LogP contribution in [-0.4, -0.2) is 22.9 Å². The molecule has 8 heteroatoms. The molecule has 0 saturated heterocycles. The van der Waals surface area contributed by atoms with Gasteiger partial charge in [0.1, 0.15) is 11.3 Å². The van der Waals surface area contributed by atoms with Gasteiger partial charge in [-0.15, -0.1) is 11.3 Å². The van der Waals surface area contributed by atoms with Gasteiger partial charge in [0.2, 0.25) is 17.7 Å². The van der Waals surface area contributed by atoms with E-state index in [0.29, 0.717) is 5.69 Å². The number of thiophene rings is 1. The summed E-state index contributed by atoms with van der Waals surface area (Å²) in [6.07, 6.45) is 0.393. The molecule has 0 spiro atoms. The molecule has 0 aromatic carbocycles. The van der Waals surface area contributed by atoms with E-state index < -0.39 is 11.8 Å². The van der Waals surface area contributed by atoms with Crippen LogP contribution in [0.1, 0.15) is 41.9 Å². The zero-order chi connectivity index (χ0) is 17.0. The third kappa shape index (κ3) is 3.84. The second-order valence-electron chi connectivity index (χ2n) is 4.78. The molecule has 122 valence electrons. The molecule has 0 fully saturated rings. The van der Waals surface area contributed by atoms with E-state index in [0.717, 1.165) is 9.75 Å². The van der Waals surface area contributed by atoms with Gasteiger partial charge >= 0.3 is 0 Å². The molecule has 0 atom stereocenters. The number of nitrogens with one attached hydrogen (secondary N) is 2. The van der Waals surface area contributed by atoms with Crippen LogP contribution in [-0.2, 0) is 9.59 Å². The number of nitrogens with zero attached hydrogens (tertiary/aromatic N) is 1. The first-order valence-electron chi connectivity index (χ1n) is 7.16. The largest absolute Gasteiger partial charge is 0.337 e. The molecule has 0 unspecified atom stereocenters. The fourth-order valence-electron chi connectivity index (χ4n) is 1.81. The van der Waals surface area contributed by atoms with Crippen molar-refractivity contribution < 1.29 is 18.9 Å². The van der Waals surface area contributed by atoms with Crippen LogP contribution in [0.2, 0.25) is 0 Å². The summed E-state index contributed by atoms with van der Waals surface area (Å²) in [5, 5.41) is 8.64. The highest BCUT2D eigenvalue weighted by Crippen LogP contribution is 2.33. The third-order valence-corrected chi connectivity index (χ3v) is 4.05. The van der Waals surface area contributed by atoms with Gasteiger partial charge in [-0.1, -0.05) is 19.0 Å². The van der Waals surface area contributed by atoms with Crippen molar-refractivity contribution in [1.29, 1.82) is 0 Å². The minimum atomic E-state index is -0.648. The molecular weight excluding hydrogens is 318 g/mol. The molecule has 2 aromatic rings. The first-order valence-corrected chi connectivity index (χ1v) is 7.98. The van der Waals surface area contributed by atoms with Gasteiger partial charge < -0.3 is 4.52 Å². The van der Waals surface area contributed by atoms with E-state index in [1.165, 1.54) is 11.3 Å². The molecule has 3 amide bonds. The zero-order valence-corrected chi connectivity index (χ0v) is 13.9. The van der Waals surface area contributed by atoms with E-state index in [9.17, 15) is 14.4 Å². The van der Waals surface area contributed by atoms with Crippen LogP contribution in [0.4, 0.5) is 5.88 Å². The van der Waals surface area contributed by atoms with Crippen molar-refractivity contribution in [2.75, 3.05) is 5.32 Å². The van der Waals surface area contributed by atoms with Crippen molar-refractivity contribution >= 4 is 34.9 Å². The summed E-state index contributed by atoms with van der Waals surface area (Å²) in [7, 11) is 0. The maximum absolute atomic E-state index is 12.4. The Kier molecular flexibility index (Phi) is 5.28. The molecule has 0 radical (unpaired) electrons. The van der Waals surface area contributed by atoms with Crippen LogP contribution in [0.25, 0.3) is 10.6 Å². The highest BCUT2D eigenvalue weighted by Gasteiger charge is 2.26. The van der Waals surface area contributed by atoms with E-state index in [1.54, 1.807) is 13.8 Å². The van der Waals surface area contributed by atoms with Crippen molar-refractivity contribution in [1.82, 2.24) is 10.5 Å². The van der Waals surface area contributed by atoms with Crippen molar-refractivity contribution in [2.45, 2.75) is 33.6 Å². The van der Waals surface area contributed by atoms with E-state index in [1.807, 2.05) is 19.1 Å². The second kappa shape index (κ2) is 7.19. The standard InChI is InChI=1S/C15H17N3O4S/c1-4-10(19)16-14(21)12-13(9-7-6-8(3)23-9)18-22-15(12)17-11(20)5-2/h6-7H,4-5H2,1-3H3,(H,17,20)(H,16,19,21). The molecule has 2 heterocycles. The quantitative estimate of drug-likeness (QED) is 0.875. The number of amides is 3. The van der Waals surface area contributed by atoms with Gasteiger partial charge in [0.25, 0.3) is 5.91 Å². The highest BCUT2D eigenvalue weighted by atomic mass is 32.1. The number of rotatable bonds is 5. The number of hydrogen-bond acceptors (Lipinski definition) is 6. The number of aromatic nitrogens is 1. The Hall–Kier alpha value is -2.48. The Morgan fingerprint density at radius 1 is 1.17 bits per heavy atom. The summed E-state index contributed by atoms with van der Waals surface area (Å²) in [6.45, 7) is 5.24. The Morgan fingerprint density at radius 2 is 1.87 bits per heavy atom. The van der Waals surface area contributed by atoms with Gasteiger partial charge in [0, 0.05) is 17.7 Å². The lowest BCUT2D eigenvalue weighted by molar-refractivity contribution is -0.119. The van der Waals surface area contributed by atoms with Crippen LogP contribution in [0, 0.1) is 6.92 Å². The molecule has 0 bridgehead atoms. The smallest absolute Gasteiger partial charge is 0.265 e. The first-order chi connectivity index (χ1) is 11.0. The van der Waals surface area contributed by atoms with Gasteiger partial charge in [-0.2, -0.15) is 0 Å². The molecule has 2 N–H and O–H groups in total. The molecule has 0 aliphatic heterocycles. The summed E-state index contributed by atoms with van der Waals surface area (Å²) in [5.74, 6) is -1.44. The molecule has 0 saturated carbocycles. The monoisotopic (exact) mass is 335 g/mol. The Labute approximate surface area is 137 Å². The number of anilines is 1. The molecule has 0 aliphatic carbocycles. The predicted molar refractivity (Wildman–Crippen MR) is 86.2 cm³/mol. The molecule has 0 aliphatic rings. The van der Waals surface area contributed by atoms with Gasteiger partial charge in [0.05, 0.1) is 4.88 Å². The van der Waals surface area contributed by atoms with E-state index in [-0.39, 0.29) is 30.2 Å². The van der Waals surface area contributed by atoms with Crippen molar-refractivity contribution in [2.24, 2.45) is 0 Å². The topological polar surface area (TPSA) is 101 Å². The van der Waals surface area contributed by atoms with Crippen LogP contribution in [0.3, 0.4) is 0 Å². The maximum atomic E-state index is 12.4. The van der Waals surface area contributed by atoms with Crippen LogP contribution >= 0.6 is 11.3 Å². The van der Waals surface area contributed by atoms with Gasteiger partial charge in [0.15, 0.2) is 0 Å². The summed E-state index contributed by atoms with van der Waals surface area (Å²) in [5.41, 5.74) is 0.353. The zero-order valence-electron chi connectivity index (χ0n) is 13.1. The minimum absolute atomic E-state index is 0.0513. The normalized spacial score (nSPS) is 10.4. The summed E-state index contributed by atoms with van der Waals surface area (Å²) in [4.78, 5) is 37.2. The first kappa shape index (κ1) is 16.9. The molecule has 7 nitrogen and oxygen atoms in total. The predicted octanol–water partition coefficient (Wildman–Crippen LogP) is 2.73. The number of carbonyl (C=O) groups excluding carboxylic acids is 3. The average molecular weight is 335 g/mol. The number of imide groups is 1. The van der Waals surface area contributed by atoms with Gasteiger partial charge in [-0.25, -0.2) is 0 Å². The van der Waals surface area contributed by atoms with Crippen molar-refractivity contribution in [3.63, 3.8) is 0 Å². The molecule has 2 aromatic heterocycles. The summed E-state index contributed by atoms with van der Waals surface area (Å²) in [6, 6.07) is 3.69. The molecule has 23 heavy (non-hydrogen) atoms. The van der Waals surface area contributed by atoms with Gasteiger partial charge in [-0.3, -0.25) is 25.0 Å². The molecule has 2 rings (SSSR count). The second-order valence-corrected chi connectivity index (χ2v) is 6.07. The van der Waals surface area contributed by atoms with Crippen molar-refractivity contribution in [3.05, 3.63) is 22.6 Å². The summed E-state index contributed by atoms with van der Waals surface area (Å²) < 4.78 is 5.12. The Bertz CT molecular complexity index is 748. The lowest BCUT2D eigenvalue weighted by Crippen LogP contribution is -2.30. The summed E-state index contributed by atoms with van der Waals surface area (Å²) >= 11 is 1.43. The van der Waals surface area contributed by atoms with Crippen LogP contribution in [0.5, 0.6) is 0 Å².